The molecule has 0 spiro atoms. The van der Waals surface area contributed by atoms with Crippen LogP contribution in [0.2, 0.25) is 0 Å². The first-order chi connectivity index (χ1) is 11.6. The molecule has 0 aliphatic heterocycles. The summed E-state index contributed by atoms with van der Waals surface area (Å²) in [7, 11) is 0. The average molecular weight is 316 g/mol. The summed E-state index contributed by atoms with van der Waals surface area (Å²) in [6.07, 6.45) is 8.51. The number of rotatable bonds is 5. The Hall–Kier alpha value is -2.48. The van der Waals surface area contributed by atoms with Gasteiger partial charge >= 0.3 is 0 Å². The number of nitrogens with zero attached hydrogens (tertiary/aromatic N) is 2. The molecular weight excluding hydrogens is 292 g/mol. The van der Waals surface area contributed by atoms with Crippen LogP contribution in [0.3, 0.4) is 0 Å². The van der Waals surface area contributed by atoms with Gasteiger partial charge in [-0.2, -0.15) is 0 Å². The minimum absolute atomic E-state index is 0.0340. The van der Waals surface area contributed by atoms with Gasteiger partial charge in [0.25, 0.3) is 0 Å². The Morgan fingerprint density at radius 2 is 1.83 bits per heavy atom. The van der Waals surface area contributed by atoms with Crippen LogP contribution in [0.4, 0.5) is 0 Å². The lowest BCUT2D eigenvalue weighted by molar-refractivity contribution is 0.585. The van der Waals surface area contributed by atoms with Crippen LogP contribution in [0, 0.1) is 0 Å². The van der Waals surface area contributed by atoms with Crippen LogP contribution < -0.4 is 0 Å². The fourth-order valence-corrected chi connectivity index (χ4v) is 3.25. The van der Waals surface area contributed by atoms with Crippen LogP contribution in [-0.4, -0.2) is 18.2 Å². The second-order valence-corrected chi connectivity index (χ2v) is 6.82. The molecule has 0 bridgehead atoms. The van der Waals surface area contributed by atoms with E-state index in [-0.39, 0.29) is 5.41 Å². The van der Waals surface area contributed by atoms with E-state index in [0.717, 1.165) is 30.6 Å². The van der Waals surface area contributed by atoms with E-state index in [1.54, 1.807) is 0 Å². The summed E-state index contributed by atoms with van der Waals surface area (Å²) in [5, 5.41) is 0. The maximum Gasteiger partial charge on any atom is 0.0701 e. The minimum atomic E-state index is 0.0340. The zero-order valence-electron chi connectivity index (χ0n) is 14.5. The van der Waals surface area contributed by atoms with Crippen LogP contribution in [0.15, 0.2) is 77.0 Å². The van der Waals surface area contributed by atoms with Crippen LogP contribution in [0.5, 0.6) is 0 Å². The normalized spacial score (nSPS) is 14.8. The molecule has 122 valence electrons. The molecule has 2 nitrogen and oxygen atoms in total. The van der Waals surface area contributed by atoms with Crippen LogP contribution in [0.25, 0.3) is 11.3 Å². The lowest BCUT2D eigenvalue weighted by atomic mass is 9.74. The quantitative estimate of drug-likeness (QED) is 0.680. The standard InChI is InChI=1S/C22H24N2/c1-22(2,19-11-7-17(8-12-19)16-23-3)20-13-9-18(10-14-20)21-6-4-5-15-24-21/h4-7,9-11,13-15H,3,8,12,16H2,1-2H3. The Balaban J connectivity index is 1.84. The van der Waals surface area contributed by atoms with Crippen LogP contribution in [0.1, 0.15) is 32.3 Å². The van der Waals surface area contributed by atoms with E-state index in [0.29, 0.717) is 0 Å². The molecule has 2 heteroatoms. The molecule has 0 radical (unpaired) electrons. The largest absolute Gasteiger partial charge is 0.297 e. The van der Waals surface area contributed by atoms with Gasteiger partial charge in [0.15, 0.2) is 0 Å². The monoisotopic (exact) mass is 316 g/mol. The number of pyridine rings is 1. The molecule has 0 saturated heterocycles. The average Bonchev–Trinajstić information content (AvgIpc) is 2.63. The Labute approximate surface area is 144 Å². The summed E-state index contributed by atoms with van der Waals surface area (Å²) >= 11 is 0. The predicted octanol–water partition coefficient (Wildman–Crippen LogP) is 5.37. The molecule has 24 heavy (non-hydrogen) atoms. The summed E-state index contributed by atoms with van der Waals surface area (Å²) in [5.41, 5.74) is 6.39. The molecule has 1 aliphatic rings. The third-order valence-electron chi connectivity index (χ3n) is 4.92. The van der Waals surface area contributed by atoms with E-state index < -0.39 is 0 Å². The van der Waals surface area contributed by atoms with Crippen molar-refractivity contribution in [2.24, 2.45) is 4.99 Å². The van der Waals surface area contributed by atoms with E-state index in [1.165, 1.54) is 16.7 Å². The van der Waals surface area contributed by atoms with Crippen molar-refractivity contribution in [3.05, 3.63) is 77.5 Å². The molecule has 0 saturated carbocycles. The van der Waals surface area contributed by atoms with Gasteiger partial charge in [0.05, 0.1) is 12.2 Å². The van der Waals surface area contributed by atoms with Gasteiger partial charge in [-0.1, -0.05) is 61.9 Å². The lowest BCUT2D eigenvalue weighted by Gasteiger charge is -2.31. The first-order valence-corrected chi connectivity index (χ1v) is 8.45. The van der Waals surface area contributed by atoms with Crippen molar-refractivity contribution in [1.29, 1.82) is 0 Å². The van der Waals surface area contributed by atoms with Crippen LogP contribution >= 0.6 is 0 Å². The maximum atomic E-state index is 4.42. The summed E-state index contributed by atoms with van der Waals surface area (Å²) < 4.78 is 0. The molecular formula is C22H24N2. The van der Waals surface area contributed by atoms with E-state index in [1.807, 2.05) is 24.4 Å². The first-order valence-electron chi connectivity index (χ1n) is 8.45. The summed E-state index contributed by atoms with van der Waals surface area (Å²) in [4.78, 5) is 8.41. The maximum absolute atomic E-state index is 4.42. The van der Waals surface area contributed by atoms with Crippen molar-refractivity contribution in [2.45, 2.75) is 32.1 Å². The van der Waals surface area contributed by atoms with Gasteiger partial charge in [-0.15, -0.1) is 0 Å². The van der Waals surface area contributed by atoms with Gasteiger partial charge < -0.3 is 0 Å². The molecule has 3 rings (SSSR count). The van der Waals surface area contributed by atoms with Gasteiger partial charge in [-0.3, -0.25) is 9.98 Å². The molecule has 0 unspecified atom stereocenters. The molecule has 0 fully saturated rings. The van der Waals surface area contributed by atoms with Gasteiger partial charge in [-0.05, 0) is 42.8 Å². The highest BCUT2D eigenvalue weighted by atomic mass is 14.7. The second kappa shape index (κ2) is 6.96. The van der Waals surface area contributed by atoms with Crippen molar-refractivity contribution in [1.82, 2.24) is 4.98 Å². The van der Waals surface area contributed by atoms with Crippen LogP contribution in [-0.2, 0) is 5.41 Å². The molecule has 0 N–H and O–H groups in total. The third kappa shape index (κ3) is 3.38. The minimum Gasteiger partial charge on any atom is -0.297 e. The topological polar surface area (TPSA) is 25.2 Å². The van der Waals surface area contributed by atoms with Gasteiger partial charge in [0.1, 0.15) is 0 Å². The molecule has 0 atom stereocenters. The third-order valence-corrected chi connectivity index (χ3v) is 4.92. The Morgan fingerprint density at radius 1 is 1.04 bits per heavy atom. The van der Waals surface area contributed by atoms with Crippen molar-refractivity contribution in [2.75, 3.05) is 6.54 Å². The SMILES string of the molecule is C=NCC1=CC=C(C(C)(C)c2ccc(-c3ccccn3)cc2)CC1. The molecule has 1 aliphatic carbocycles. The predicted molar refractivity (Wildman–Crippen MR) is 103 cm³/mol. The zero-order valence-corrected chi connectivity index (χ0v) is 14.5. The number of benzene rings is 1. The molecule has 1 aromatic carbocycles. The van der Waals surface area contributed by atoms with Crippen molar-refractivity contribution >= 4 is 6.72 Å². The number of hydrogen-bond acceptors (Lipinski definition) is 2. The molecule has 2 aromatic rings. The summed E-state index contributed by atoms with van der Waals surface area (Å²) in [5.74, 6) is 0. The highest BCUT2D eigenvalue weighted by Gasteiger charge is 2.26. The number of hydrogen-bond donors (Lipinski definition) is 0. The van der Waals surface area contributed by atoms with Gasteiger partial charge in [0, 0.05) is 17.2 Å². The van der Waals surface area contributed by atoms with Crippen molar-refractivity contribution in [3.63, 3.8) is 0 Å². The summed E-state index contributed by atoms with van der Waals surface area (Å²) in [6, 6.07) is 14.8. The molecule has 1 aromatic heterocycles. The zero-order chi connectivity index (χ0) is 17.0. The Bertz CT molecular complexity index is 765. The Kier molecular flexibility index (Phi) is 4.75. The van der Waals surface area contributed by atoms with E-state index in [2.05, 4.69) is 67.0 Å². The smallest absolute Gasteiger partial charge is 0.0701 e. The fourth-order valence-electron chi connectivity index (χ4n) is 3.25. The highest BCUT2D eigenvalue weighted by Crippen LogP contribution is 2.37. The van der Waals surface area contributed by atoms with Gasteiger partial charge in [-0.25, -0.2) is 0 Å². The summed E-state index contributed by atoms with van der Waals surface area (Å²) in [6.45, 7) is 8.95. The Morgan fingerprint density at radius 3 is 2.42 bits per heavy atom. The second-order valence-electron chi connectivity index (χ2n) is 6.82. The fraction of sp³-hybridized carbons (Fsp3) is 0.273. The van der Waals surface area contributed by atoms with E-state index in [4.69, 9.17) is 0 Å². The number of aliphatic imine (C=N–C) groups is 1. The molecule has 0 amide bonds. The lowest BCUT2D eigenvalue weighted by Crippen LogP contribution is -2.21. The van der Waals surface area contributed by atoms with E-state index >= 15 is 0 Å². The number of aromatic nitrogens is 1. The van der Waals surface area contributed by atoms with Crippen molar-refractivity contribution in [3.8, 4) is 11.3 Å². The molecule has 1 heterocycles. The van der Waals surface area contributed by atoms with Crippen molar-refractivity contribution < 1.29 is 0 Å². The van der Waals surface area contributed by atoms with E-state index in [9.17, 15) is 0 Å². The highest BCUT2D eigenvalue weighted by molar-refractivity contribution is 5.59. The van der Waals surface area contributed by atoms with Gasteiger partial charge in [0.2, 0.25) is 0 Å². The number of allylic oxidation sites excluding steroid dienone is 3. The first kappa shape index (κ1) is 16.4.